The van der Waals surface area contributed by atoms with Gasteiger partial charge in [-0.3, -0.25) is 4.79 Å². The zero-order valence-corrected chi connectivity index (χ0v) is 17.0. The minimum absolute atomic E-state index is 0.00163. The van der Waals surface area contributed by atoms with Gasteiger partial charge in [0.15, 0.2) is 0 Å². The number of piperidine rings is 1. The Morgan fingerprint density at radius 2 is 1.90 bits per heavy atom. The van der Waals surface area contributed by atoms with Gasteiger partial charge in [-0.2, -0.15) is 0 Å². The first-order chi connectivity index (χ1) is 14.1. The fourth-order valence-corrected chi connectivity index (χ4v) is 4.03. The summed E-state index contributed by atoms with van der Waals surface area (Å²) in [5.41, 5.74) is 4.08. The van der Waals surface area contributed by atoms with Crippen molar-refractivity contribution in [2.75, 3.05) is 18.0 Å². The highest BCUT2D eigenvalue weighted by atomic mass is 16.1. The summed E-state index contributed by atoms with van der Waals surface area (Å²) in [6.45, 7) is 6.51. The smallest absolute Gasteiger partial charge is 0.253 e. The first kappa shape index (κ1) is 19.2. The van der Waals surface area contributed by atoms with Gasteiger partial charge in [0, 0.05) is 49.5 Å². The van der Waals surface area contributed by atoms with E-state index in [0.29, 0.717) is 0 Å². The number of hydrogen-bond acceptors (Lipinski definition) is 4. The molecule has 1 aliphatic rings. The van der Waals surface area contributed by atoms with Crippen molar-refractivity contribution >= 4 is 11.9 Å². The van der Waals surface area contributed by atoms with E-state index in [4.69, 9.17) is 0 Å². The Morgan fingerprint density at radius 1 is 1.14 bits per heavy atom. The van der Waals surface area contributed by atoms with Crippen LogP contribution in [0.3, 0.4) is 0 Å². The molecule has 1 fully saturated rings. The van der Waals surface area contributed by atoms with Gasteiger partial charge in [0.2, 0.25) is 5.95 Å². The number of nitrogens with zero attached hydrogens (tertiary/aromatic N) is 4. The molecule has 0 saturated carbocycles. The van der Waals surface area contributed by atoms with Gasteiger partial charge in [-0.1, -0.05) is 30.3 Å². The number of benzene rings is 1. The van der Waals surface area contributed by atoms with Crippen LogP contribution in [0.25, 0.3) is 0 Å². The van der Waals surface area contributed by atoms with E-state index in [9.17, 15) is 4.79 Å². The lowest BCUT2D eigenvalue weighted by Gasteiger charge is -2.33. The summed E-state index contributed by atoms with van der Waals surface area (Å²) in [7, 11) is 0. The molecule has 0 spiro atoms. The standard InChI is InChI=1S/C23H27N5O/c1-17-14-21(18(2)28(17)15-19-8-4-3-5-9-19)22(29)26-20-10-6-13-27(16-20)23-24-11-7-12-25-23/h3-5,7-9,11-12,14,20H,6,10,13,15-16H2,1-2H3,(H,26,29). The Labute approximate surface area is 171 Å². The molecule has 0 radical (unpaired) electrons. The molecule has 0 bridgehead atoms. The normalized spacial score (nSPS) is 16.6. The van der Waals surface area contributed by atoms with E-state index in [1.54, 1.807) is 12.4 Å². The van der Waals surface area contributed by atoms with Crippen LogP contribution >= 0.6 is 0 Å². The van der Waals surface area contributed by atoms with Crippen molar-refractivity contribution in [1.82, 2.24) is 19.9 Å². The van der Waals surface area contributed by atoms with Crippen LogP contribution in [0.2, 0.25) is 0 Å². The summed E-state index contributed by atoms with van der Waals surface area (Å²) in [5, 5.41) is 3.23. The third kappa shape index (κ3) is 4.31. The van der Waals surface area contributed by atoms with E-state index in [2.05, 4.69) is 43.8 Å². The summed E-state index contributed by atoms with van der Waals surface area (Å²) in [6.07, 6.45) is 5.49. The highest BCUT2D eigenvalue weighted by molar-refractivity contribution is 5.96. The third-order valence-electron chi connectivity index (χ3n) is 5.59. The molecule has 3 aromatic rings. The molecule has 4 rings (SSSR count). The van der Waals surface area contributed by atoms with Crippen molar-refractivity contribution in [1.29, 1.82) is 0 Å². The van der Waals surface area contributed by atoms with Crippen LogP contribution < -0.4 is 10.2 Å². The van der Waals surface area contributed by atoms with Crippen LogP contribution in [0.1, 0.15) is 40.2 Å². The second kappa shape index (κ2) is 8.47. The SMILES string of the molecule is Cc1cc(C(=O)NC2CCCN(c3ncccn3)C2)c(C)n1Cc1ccccc1. The molecular weight excluding hydrogens is 362 g/mol. The van der Waals surface area contributed by atoms with Crippen molar-refractivity contribution in [3.8, 4) is 0 Å². The molecule has 0 aliphatic carbocycles. The van der Waals surface area contributed by atoms with Gasteiger partial charge in [0.25, 0.3) is 5.91 Å². The molecule has 6 nitrogen and oxygen atoms in total. The van der Waals surface area contributed by atoms with Gasteiger partial charge < -0.3 is 14.8 Å². The van der Waals surface area contributed by atoms with E-state index in [0.717, 1.165) is 55.4 Å². The van der Waals surface area contributed by atoms with E-state index in [1.165, 1.54) is 5.56 Å². The number of rotatable bonds is 5. The maximum Gasteiger partial charge on any atom is 0.253 e. The summed E-state index contributed by atoms with van der Waals surface area (Å²) in [6, 6.07) is 14.2. The number of amides is 1. The van der Waals surface area contributed by atoms with Crippen LogP contribution in [0, 0.1) is 13.8 Å². The van der Waals surface area contributed by atoms with Gasteiger partial charge in [-0.15, -0.1) is 0 Å². The molecule has 1 N–H and O–H groups in total. The van der Waals surface area contributed by atoms with Crippen LogP contribution in [0.4, 0.5) is 5.95 Å². The van der Waals surface area contributed by atoms with Gasteiger partial charge in [-0.25, -0.2) is 9.97 Å². The van der Waals surface area contributed by atoms with Crippen LogP contribution in [0.5, 0.6) is 0 Å². The second-order valence-electron chi connectivity index (χ2n) is 7.66. The Kier molecular flexibility index (Phi) is 5.60. The first-order valence-corrected chi connectivity index (χ1v) is 10.2. The van der Waals surface area contributed by atoms with Crippen LogP contribution in [0.15, 0.2) is 54.9 Å². The molecular formula is C23H27N5O. The lowest BCUT2D eigenvalue weighted by Crippen LogP contribution is -2.48. The van der Waals surface area contributed by atoms with Gasteiger partial charge in [0.05, 0.1) is 5.56 Å². The number of nitrogens with one attached hydrogen (secondary N) is 1. The maximum atomic E-state index is 13.0. The molecule has 1 atom stereocenters. The highest BCUT2D eigenvalue weighted by Gasteiger charge is 2.25. The zero-order chi connectivity index (χ0) is 20.2. The summed E-state index contributed by atoms with van der Waals surface area (Å²) in [5.74, 6) is 0.728. The molecule has 1 saturated heterocycles. The first-order valence-electron chi connectivity index (χ1n) is 10.2. The van der Waals surface area contributed by atoms with E-state index in [-0.39, 0.29) is 11.9 Å². The molecule has 1 aliphatic heterocycles. The average molecular weight is 390 g/mol. The molecule has 29 heavy (non-hydrogen) atoms. The molecule has 1 amide bonds. The summed E-state index contributed by atoms with van der Waals surface area (Å²) in [4.78, 5) is 23.9. The molecule has 150 valence electrons. The van der Waals surface area contributed by atoms with E-state index < -0.39 is 0 Å². The van der Waals surface area contributed by atoms with Crippen molar-refractivity contribution in [2.45, 2.75) is 39.3 Å². The third-order valence-corrected chi connectivity index (χ3v) is 5.59. The van der Waals surface area contributed by atoms with Crippen molar-refractivity contribution in [3.63, 3.8) is 0 Å². The molecule has 1 aromatic carbocycles. The molecule has 6 heteroatoms. The van der Waals surface area contributed by atoms with Crippen molar-refractivity contribution < 1.29 is 4.79 Å². The lowest BCUT2D eigenvalue weighted by molar-refractivity contribution is 0.0932. The number of aryl methyl sites for hydroxylation is 1. The number of aromatic nitrogens is 3. The second-order valence-corrected chi connectivity index (χ2v) is 7.66. The van der Waals surface area contributed by atoms with Crippen LogP contribution in [-0.4, -0.2) is 39.6 Å². The summed E-state index contributed by atoms with van der Waals surface area (Å²) >= 11 is 0. The lowest BCUT2D eigenvalue weighted by atomic mass is 10.1. The fraction of sp³-hybridized carbons (Fsp3) is 0.348. The predicted octanol–water partition coefficient (Wildman–Crippen LogP) is 3.34. The van der Waals surface area contributed by atoms with Crippen molar-refractivity contribution in [3.05, 3.63) is 77.4 Å². The van der Waals surface area contributed by atoms with E-state index >= 15 is 0 Å². The Bertz CT molecular complexity index is 968. The topological polar surface area (TPSA) is 63.1 Å². The fourth-order valence-electron chi connectivity index (χ4n) is 4.03. The minimum atomic E-state index is -0.00163. The van der Waals surface area contributed by atoms with Crippen LogP contribution in [-0.2, 0) is 6.54 Å². The number of anilines is 1. The average Bonchev–Trinajstić information content (AvgIpc) is 3.04. The Morgan fingerprint density at radius 3 is 2.66 bits per heavy atom. The van der Waals surface area contributed by atoms with E-state index in [1.807, 2.05) is 37.3 Å². The quantitative estimate of drug-likeness (QED) is 0.727. The van der Waals surface area contributed by atoms with Gasteiger partial charge in [-0.05, 0) is 44.4 Å². The number of hydrogen-bond donors (Lipinski definition) is 1. The highest BCUT2D eigenvalue weighted by Crippen LogP contribution is 2.19. The zero-order valence-electron chi connectivity index (χ0n) is 17.0. The van der Waals surface area contributed by atoms with Gasteiger partial charge >= 0.3 is 0 Å². The number of carbonyl (C=O) groups excluding carboxylic acids is 1. The molecule has 1 unspecified atom stereocenters. The van der Waals surface area contributed by atoms with Crippen molar-refractivity contribution in [2.24, 2.45) is 0 Å². The predicted molar refractivity (Wildman–Crippen MR) is 114 cm³/mol. The number of carbonyl (C=O) groups is 1. The minimum Gasteiger partial charge on any atom is -0.347 e. The molecule has 2 aromatic heterocycles. The van der Waals surface area contributed by atoms with Gasteiger partial charge in [0.1, 0.15) is 0 Å². The Hall–Kier alpha value is -3.15. The molecule has 3 heterocycles. The Balaban J connectivity index is 1.45. The largest absolute Gasteiger partial charge is 0.347 e. The summed E-state index contributed by atoms with van der Waals surface area (Å²) < 4.78 is 2.20. The monoisotopic (exact) mass is 389 g/mol. The maximum absolute atomic E-state index is 13.0.